The van der Waals surface area contributed by atoms with E-state index in [2.05, 4.69) is 4.72 Å². The lowest BCUT2D eigenvalue weighted by Gasteiger charge is -2.47. The molecule has 194 valence electrons. The monoisotopic (exact) mass is 521 g/mol. The molecule has 9 nitrogen and oxygen atoms in total. The lowest BCUT2D eigenvalue weighted by atomic mass is 9.75. The number of rotatable bonds is 8. The Kier molecular flexibility index (Phi) is 7.44. The first-order valence-electron chi connectivity index (χ1n) is 12.1. The van der Waals surface area contributed by atoms with Crippen molar-refractivity contribution in [3.05, 3.63) is 77.9 Å². The number of benzene rings is 3. The summed E-state index contributed by atoms with van der Waals surface area (Å²) in [6.45, 7) is 1.35. The zero-order valence-electron chi connectivity index (χ0n) is 20.6. The molecule has 6 N–H and O–H groups in total. The minimum atomic E-state index is -3.98. The van der Waals surface area contributed by atoms with Crippen LogP contribution in [0.2, 0.25) is 0 Å². The molecule has 1 aliphatic rings. The normalized spacial score (nSPS) is 18.9. The Morgan fingerprint density at radius 3 is 2.38 bits per heavy atom. The first-order valence-corrected chi connectivity index (χ1v) is 13.6. The van der Waals surface area contributed by atoms with Gasteiger partial charge in [-0.05, 0) is 54.7 Å². The third-order valence-electron chi connectivity index (χ3n) is 6.87. The average molecular weight is 522 g/mol. The molecule has 0 saturated carbocycles. The molecular weight excluding hydrogens is 490 g/mol. The summed E-state index contributed by atoms with van der Waals surface area (Å²) in [6, 6.07) is 17.9. The number of nitrogens with two attached hydrogens (primary N) is 2. The average Bonchev–Trinajstić information content (AvgIpc) is 2.91. The largest absolute Gasteiger partial charge is 0.384 e. The summed E-state index contributed by atoms with van der Waals surface area (Å²) < 4.78 is 28.5. The molecule has 3 aromatic rings. The molecule has 1 aliphatic heterocycles. The fourth-order valence-electron chi connectivity index (χ4n) is 4.99. The number of Topliss-reactive ketones (excluding diaryl/α,β-unsaturated/α-hetero) is 1. The van der Waals surface area contributed by atoms with Crippen LogP contribution in [0.5, 0.6) is 0 Å². The third-order valence-corrected chi connectivity index (χ3v) is 8.27. The van der Waals surface area contributed by atoms with E-state index in [4.69, 9.17) is 16.9 Å². The number of fused-ring (bicyclic) bond motifs is 1. The maximum atomic E-state index is 13.6. The first kappa shape index (κ1) is 26.5. The molecule has 10 heteroatoms. The van der Waals surface area contributed by atoms with Crippen molar-refractivity contribution in [3.8, 4) is 0 Å². The predicted octanol–water partition coefficient (Wildman–Crippen LogP) is 2.23. The van der Waals surface area contributed by atoms with Crippen molar-refractivity contribution < 1.29 is 18.0 Å². The van der Waals surface area contributed by atoms with Gasteiger partial charge in [0.15, 0.2) is 5.78 Å². The van der Waals surface area contributed by atoms with Crippen LogP contribution in [0.3, 0.4) is 0 Å². The van der Waals surface area contributed by atoms with Gasteiger partial charge in [0.05, 0.1) is 17.5 Å². The van der Waals surface area contributed by atoms with Crippen molar-refractivity contribution in [2.24, 2.45) is 11.5 Å². The van der Waals surface area contributed by atoms with Gasteiger partial charge in [0.25, 0.3) is 0 Å². The minimum absolute atomic E-state index is 0.0513. The molecule has 1 fully saturated rings. The number of nitrogens with one attached hydrogen (secondary N) is 2. The smallest absolute Gasteiger partial charge is 0.241 e. The molecule has 1 saturated heterocycles. The fraction of sp³-hybridized carbons (Fsp3) is 0.296. The topological polar surface area (TPSA) is 159 Å². The van der Waals surface area contributed by atoms with Gasteiger partial charge < -0.3 is 16.4 Å². The van der Waals surface area contributed by atoms with Crippen molar-refractivity contribution >= 4 is 38.3 Å². The van der Waals surface area contributed by atoms with Crippen molar-refractivity contribution in [2.75, 3.05) is 13.1 Å². The van der Waals surface area contributed by atoms with Crippen molar-refractivity contribution in [2.45, 2.75) is 42.7 Å². The summed E-state index contributed by atoms with van der Waals surface area (Å²) in [5.74, 6) is -0.957. The second-order valence-corrected chi connectivity index (χ2v) is 11.1. The molecule has 0 bridgehead atoms. The number of nitrogen functional groups attached to an aromatic ring is 1. The lowest BCUT2D eigenvalue weighted by Crippen LogP contribution is -2.61. The summed E-state index contributed by atoms with van der Waals surface area (Å²) in [7, 11) is -3.98. The van der Waals surface area contributed by atoms with Crippen LogP contribution in [-0.4, -0.2) is 50.0 Å². The molecule has 1 heterocycles. The molecular formula is C27H31N5O4S. The lowest BCUT2D eigenvalue weighted by molar-refractivity contribution is -0.150. The summed E-state index contributed by atoms with van der Waals surface area (Å²) in [4.78, 5) is 28.6. The number of carbonyl (C=O) groups excluding carboxylic acids is 2. The van der Waals surface area contributed by atoms with Crippen LogP contribution in [0.15, 0.2) is 71.6 Å². The zero-order chi connectivity index (χ0) is 26.8. The number of sulfonamides is 1. The highest BCUT2D eigenvalue weighted by Crippen LogP contribution is 2.39. The van der Waals surface area contributed by atoms with Crippen molar-refractivity contribution in [1.82, 2.24) is 9.62 Å². The van der Waals surface area contributed by atoms with Gasteiger partial charge in [0, 0.05) is 12.1 Å². The van der Waals surface area contributed by atoms with E-state index in [9.17, 15) is 18.0 Å². The number of likely N-dealkylation sites (tertiary alicyclic amines) is 1. The summed E-state index contributed by atoms with van der Waals surface area (Å²) in [5, 5.41) is 9.32. The van der Waals surface area contributed by atoms with Crippen LogP contribution >= 0.6 is 0 Å². The summed E-state index contributed by atoms with van der Waals surface area (Å²) >= 11 is 0. The minimum Gasteiger partial charge on any atom is -0.384 e. The van der Waals surface area contributed by atoms with Crippen molar-refractivity contribution in [1.29, 1.82) is 5.41 Å². The maximum Gasteiger partial charge on any atom is 0.241 e. The molecule has 4 rings (SSSR count). The van der Waals surface area contributed by atoms with E-state index in [1.807, 2.05) is 24.3 Å². The Hall–Kier alpha value is -3.60. The Morgan fingerprint density at radius 1 is 1.05 bits per heavy atom. The van der Waals surface area contributed by atoms with E-state index in [1.165, 1.54) is 11.0 Å². The highest BCUT2D eigenvalue weighted by Gasteiger charge is 2.49. The van der Waals surface area contributed by atoms with Crippen LogP contribution in [0.1, 0.15) is 37.3 Å². The van der Waals surface area contributed by atoms with Crippen LogP contribution < -0.4 is 16.2 Å². The zero-order valence-corrected chi connectivity index (χ0v) is 21.4. The van der Waals surface area contributed by atoms with Crippen LogP contribution in [0.25, 0.3) is 10.8 Å². The highest BCUT2D eigenvalue weighted by molar-refractivity contribution is 7.89. The molecule has 0 aliphatic carbocycles. The summed E-state index contributed by atoms with van der Waals surface area (Å²) in [5.41, 5.74) is 11.3. The number of nitrogens with zero attached hydrogens (tertiary/aromatic N) is 1. The van der Waals surface area contributed by atoms with Gasteiger partial charge in [-0.3, -0.25) is 15.0 Å². The van der Waals surface area contributed by atoms with Crippen molar-refractivity contribution in [3.63, 3.8) is 0 Å². The predicted molar refractivity (Wildman–Crippen MR) is 142 cm³/mol. The maximum absolute atomic E-state index is 13.6. The van der Waals surface area contributed by atoms with E-state index in [-0.39, 0.29) is 23.1 Å². The number of amidine groups is 1. The van der Waals surface area contributed by atoms with Gasteiger partial charge in [0.1, 0.15) is 11.4 Å². The van der Waals surface area contributed by atoms with E-state index in [0.29, 0.717) is 30.4 Å². The molecule has 1 amide bonds. The Bertz CT molecular complexity index is 1450. The molecule has 3 aromatic carbocycles. The fourth-order valence-corrected chi connectivity index (χ4v) is 5.99. The summed E-state index contributed by atoms with van der Waals surface area (Å²) in [6.07, 6.45) is 1.72. The number of carbonyl (C=O) groups is 2. The standard InChI is InChI=1S/C27H31N5O4S/c1-18(28)25(34)27(22-11-8-20(9-12-22)26(29)30)14-4-5-15-32(27)24(33)17-31-37(35,36)23-13-10-19-6-2-3-7-21(19)16-23/h2-3,6-13,16,18,31H,4-5,14-15,17,28H2,1H3,(H3,29,30)/t18-,27?/m0/s1. The van der Waals surface area contributed by atoms with E-state index in [1.54, 1.807) is 43.3 Å². The number of hydrogen-bond donors (Lipinski definition) is 4. The van der Waals surface area contributed by atoms with Crippen LogP contribution in [-0.2, 0) is 25.2 Å². The first-order chi connectivity index (χ1) is 17.6. The van der Waals surface area contributed by atoms with Gasteiger partial charge in [-0.25, -0.2) is 13.1 Å². The molecule has 37 heavy (non-hydrogen) atoms. The van der Waals surface area contributed by atoms with Gasteiger partial charge in [-0.15, -0.1) is 0 Å². The number of ketones is 1. The molecule has 0 radical (unpaired) electrons. The van der Waals surface area contributed by atoms with E-state index < -0.39 is 34.1 Å². The number of amides is 1. The second kappa shape index (κ2) is 10.4. The highest BCUT2D eigenvalue weighted by atomic mass is 32.2. The Morgan fingerprint density at radius 2 is 1.73 bits per heavy atom. The molecule has 2 atom stereocenters. The van der Waals surface area contributed by atoms with Gasteiger partial charge in [-0.2, -0.15) is 0 Å². The van der Waals surface area contributed by atoms with Gasteiger partial charge in [0.2, 0.25) is 15.9 Å². The van der Waals surface area contributed by atoms with Crippen LogP contribution in [0, 0.1) is 5.41 Å². The molecule has 0 aromatic heterocycles. The van der Waals surface area contributed by atoms with E-state index in [0.717, 1.165) is 10.8 Å². The van der Waals surface area contributed by atoms with E-state index >= 15 is 0 Å². The second-order valence-electron chi connectivity index (χ2n) is 9.34. The quantitative estimate of drug-likeness (QED) is 0.263. The Labute approximate surface area is 216 Å². The van der Waals surface area contributed by atoms with Crippen LogP contribution in [0.4, 0.5) is 0 Å². The third kappa shape index (κ3) is 5.13. The molecule has 0 spiro atoms. The molecule has 1 unspecified atom stereocenters. The Balaban J connectivity index is 1.64. The van der Waals surface area contributed by atoms with Gasteiger partial charge in [-0.1, -0.05) is 54.6 Å². The number of hydrogen-bond acceptors (Lipinski definition) is 6. The number of piperidine rings is 1. The van der Waals surface area contributed by atoms with Gasteiger partial charge >= 0.3 is 0 Å². The SMILES string of the molecule is C[C@H](N)C(=O)C1(c2ccc(C(=N)N)cc2)CCCCN1C(=O)CNS(=O)(=O)c1ccc2ccccc2c1.